The molecule has 0 spiro atoms. The van der Waals surface area contributed by atoms with Crippen molar-refractivity contribution in [2.45, 2.75) is 24.6 Å². The molecule has 3 aromatic carbocycles. The number of methoxy groups -OCH3 is 1. The molecule has 0 aromatic heterocycles. The van der Waals surface area contributed by atoms with Gasteiger partial charge in [-0.15, -0.1) is 0 Å². The first kappa shape index (κ1) is 24.8. The van der Waals surface area contributed by atoms with Crippen LogP contribution in [0.15, 0.2) is 83.9 Å². The van der Waals surface area contributed by atoms with Crippen LogP contribution in [0.1, 0.15) is 17.5 Å². The van der Waals surface area contributed by atoms with E-state index in [0.717, 1.165) is 23.3 Å². The Kier molecular flexibility index (Phi) is 8.45. The first-order chi connectivity index (χ1) is 17.0. The lowest BCUT2D eigenvalue weighted by Gasteiger charge is -2.32. The van der Waals surface area contributed by atoms with Crippen LogP contribution in [-0.2, 0) is 22.6 Å². The van der Waals surface area contributed by atoms with Crippen LogP contribution in [0.4, 0.5) is 5.69 Å². The minimum absolute atomic E-state index is 0.108. The van der Waals surface area contributed by atoms with Gasteiger partial charge in [0.1, 0.15) is 5.75 Å². The maximum absolute atomic E-state index is 13.2. The maximum Gasteiger partial charge on any atom is 0.234 e. The molecule has 0 radical (unpaired) electrons. The van der Waals surface area contributed by atoms with Gasteiger partial charge in [0.25, 0.3) is 0 Å². The zero-order valence-electron chi connectivity index (χ0n) is 19.3. The van der Waals surface area contributed by atoms with Crippen LogP contribution >= 0.6 is 23.4 Å². The molecule has 1 unspecified atom stereocenters. The molecular formula is C27H26ClN3O3S. The summed E-state index contributed by atoms with van der Waals surface area (Å²) in [6, 6.07) is 24.6. The second-order valence-corrected chi connectivity index (χ2v) is 9.64. The molecule has 1 saturated heterocycles. The Bertz CT molecular complexity index is 1180. The molecule has 1 aliphatic rings. The molecule has 0 saturated carbocycles. The Morgan fingerprint density at radius 1 is 1.06 bits per heavy atom. The first-order valence-corrected chi connectivity index (χ1v) is 12.5. The van der Waals surface area contributed by atoms with Crippen LogP contribution < -0.4 is 10.1 Å². The zero-order chi connectivity index (χ0) is 24.6. The smallest absolute Gasteiger partial charge is 0.234 e. The van der Waals surface area contributed by atoms with E-state index in [1.54, 1.807) is 24.1 Å². The number of carbonyl (C=O) groups is 2. The summed E-state index contributed by atoms with van der Waals surface area (Å²) < 4.78 is 5.22. The van der Waals surface area contributed by atoms with E-state index >= 15 is 0 Å². The van der Waals surface area contributed by atoms with E-state index < -0.39 is 5.25 Å². The van der Waals surface area contributed by atoms with Crippen molar-refractivity contribution >= 4 is 46.0 Å². The third-order valence-electron chi connectivity index (χ3n) is 5.54. The van der Waals surface area contributed by atoms with Gasteiger partial charge in [0.15, 0.2) is 5.17 Å². The number of halogens is 1. The number of ether oxygens (including phenoxy) is 1. The van der Waals surface area contributed by atoms with Gasteiger partial charge in [-0.2, -0.15) is 0 Å². The van der Waals surface area contributed by atoms with E-state index in [9.17, 15) is 9.59 Å². The summed E-state index contributed by atoms with van der Waals surface area (Å²) in [5, 5.41) is 3.55. The molecule has 180 valence electrons. The quantitative estimate of drug-likeness (QED) is 0.453. The highest BCUT2D eigenvalue weighted by Gasteiger charge is 2.35. The van der Waals surface area contributed by atoms with Gasteiger partial charge in [0.2, 0.25) is 11.8 Å². The van der Waals surface area contributed by atoms with Gasteiger partial charge in [0.05, 0.1) is 24.6 Å². The summed E-state index contributed by atoms with van der Waals surface area (Å²) in [4.78, 5) is 32.5. The number of nitrogens with one attached hydrogen (secondary N) is 1. The van der Waals surface area contributed by atoms with Crippen molar-refractivity contribution < 1.29 is 14.3 Å². The first-order valence-electron chi connectivity index (χ1n) is 11.3. The number of amides is 2. The number of hydrogen-bond acceptors (Lipinski definition) is 5. The van der Waals surface area contributed by atoms with Crippen molar-refractivity contribution in [1.29, 1.82) is 0 Å². The molecule has 6 nitrogen and oxygen atoms in total. The van der Waals surface area contributed by atoms with Crippen LogP contribution in [0.2, 0.25) is 5.02 Å². The number of hydrogen-bond donors (Lipinski definition) is 1. The van der Waals surface area contributed by atoms with E-state index in [2.05, 4.69) is 5.32 Å². The van der Waals surface area contributed by atoms with Gasteiger partial charge < -0.3 is 10.1 Å². The van der Waals surface area contributed by atoms with Crippen molar-refractivity contribution in [3.8, 4) is 5.75 Å². The fourth-order valence-electron chi connectivity index (χ4n) is 3.62. The van der Waals surface area contributed by atoms with Crippen molar-refractivity contribution in [3.05, 3.63) is 95.0 Å². The Morgan fingerprint density at radius 2 is 1.77 bits per heavy atom. The number of carbonyl (C=O) groups excluding carboxylic acids is 2. The number of amidine groups is 1. The summed E-state index contributed by atoms with van der Waals surface area (Å²) in [7, 11) is 1.60. The van der Waals surface area contributed by atoms with Gasteiger partial charge in [-0.05, 0) is 53.9 Å². The molecule has 35 heavy (non-hydrogen) atoms. The van der Waals surface area contributed by atoms with Gasteiger partial charge >= 0.3 is 0 Å². The number of nitrogens with zero attached hydrogens (tertiary/aromatic N) is 2. The molecule has 1 atom stereocenters. The minimum Gasteiger partial charge on any atom is -0.497 e. The van der Waals surface area contributed by atoms with Gasteiger partial charge in [-0.1, -0.05) is 65.8 Å². The van der Waals surface area contributed by atoms with E-state index in [4.69, 9.17) is 21.3 Å². The fraction of sp³-hybridized carbons (Fsp3) is 0.222. The Hall–Kier alpha value is -3.29. The molecule has 0 bridgehead atoms. The monoisotopic (exact) mass is 507 g/mol. The lowest BCUT2D eigenvalue weighted by molar-refractivity contribution is -0.130. The van der Waals surface area contributed by atoms with Crippen molar-refractivity contribution in [3.63, 3.8) is 0 Å². The lowest BCUT2D eigenvalue weighted by atomic mass is 10.1. The predicted octanol–water partition coefficient (Wildman–Crippen LogP) is 5.23. The summed E-state index contributed by atoms with van der Waals surface area (Å²) >= 11 is 7.33. The van der Waals surface area contributed by atoms with Crippen LogP contribution in [-0.4, -0.2) is 40.8 Å². The predicted molar refractivity (Wildman–Crippen MR) is 141 cm³/mol. The average Bonchev–Trinajstić information content (AvgIpc) is 2.88. The van der Waals surface area contributed by atoms with Crippen LogP contribution in [0.5, 0.6) is 5.75 Å². The minimum atomic E-state index is -0.545. The normalized spacial score (nSPS) is 16.9. The molecule has 8 heteroatoms. The standard InChI is InChI=1S/C27H26ClN3O3S/c1-34-23-13-11-22(12-14-23)30-27-31(18-20-7-9-21(28)10-8-20)25(32)17-24(35-27)26(33)29-16-15-19-5-3-2-4-6-19/h2-14,24H,15-18H2,1H3,(H,29,33). The number of aliphatic imine (C=N–C) groups is 1. The number of benzene rings is 3. The van der Waals surface area contributed by atoms with E-state index in [1.165, 1.54) is 11.8 Å². The summed E-state index contributed by atoms with van der Waals surface area (Å²) in [5.41, 5.74) is 2.75. The van der Waals surface area contributed by atoms with E-state index in [0.29, 0.717) is 29.0 Å². The molecule has 1 fully saturated rings. The van der Waals surface area contributed by atoms with E-state index in [-0.39, 0.29) is 18.2 Å². The second-order valence-electron chi connectivity index (χ2n) is 8.04. The molecule has 1 N–H and O–H groups in total. The maximum atomic E-state index is 13.2. The highest BCUT2D eigenvalue weighted by atomic mass is 35.5. The summed E-state index contributed by atoms with van der Waals surface area (Å²) in [6.07, 6.45) is 0.838. The molecule has 1 aliphatic heterocycles. The molecule has 2 amide bonds. The largest absolute Gasteiger partial charge is 0.497 e. The molecule has 3 aromatic rings. The van der Waals surface area contributed by atoms with Crippen molar-refractivity contribution in [1.82, 2.24) is 10.2 Å². The zero-order valence-corrected chi connectivity index (χ0v) is 20.9. The number of thioether (sulfide) groups is 1. The number of rotatable bonds is 8. The Morgan fingerprint density at radius 3 is 2.46 bits per heavy atom. The molecule has 1 heterocycles. The molecular weight excluding hydrogens is 482 g/mol. The third kappa shape index (κ3) is 6.87. The van der Waals surface area contributed by atoms with Gasteiger partial charge in [-0.3, -0.25) is 14.5 Å². The fourth-order valence-corrected chi connectivity index (χ4v) is 4.87. The van der Waals surface area contributed by atoms with Crippen LogP contribution in [0.3, 0.4) is 0 Å². The van der Waals surface area contributed by atoms with Crippen LogP contribution in [0.25, 0.3) is 0 Å². The van der Waals surface area contributed by atoms with E-state index in [1.807, 2.05) is 66.7 Å². The summed E-state index contributed by atoms with van der Waals surface area (Å²) in [6.45, 7) is 0.855. The lowest BCUT2D eigenvalue weighted by Crippen LogP contribution is -2.46. The Labute approximate surface area is 214 Å². The highest BCUT2D eigenvalue weighted by molar-refractivity contribution is 8.15. The average molecular weight is 508 g/mol. The highest BCUT2D eigenvalue weighted by Crippen LogP contribution is 2.31. The molecule has 0 aliphatic carbocycles. The van der Waals surface area contributed by atoms with Gasteiger partial charge in [0, 0.05) is 18.0 Å². The van der Waals surface area contributed by atoms with Crippen molar-refractivity contribution in [2.75, 3.05) is 13.7 Å². The van der Waals surface area contributed by atoms with Crippen LogP contribution in [0, 0.1) is 0 Å². The molecule has 4 rings (SSSR count). The Balaban J connectivity index is 1.50. The SMILES string of the molecule is COc1ccc(N=C2SC(C(=O)NCCc3ccccc3)CC(=O)N2Cc2ccc(Cl)cc2)cc1. The summed E-state index contributed by atoms with van der Waals surface area (Å²) in [5.74, 6) is 0.414. The van der Waals surface area contributed by atoms with Gasteiger partial charge in [-0.25, -0.2) is 4.99 Å². The van der Waals surface area contributed by atoms with Crippen molar-refractivity contribution in [2.24, 2.45) is 4.99 Å². The second kappa shape index (κ2) is 11.9. The third-order valence-corrected chi connectivity index (χ3v) is 6.98. The topological polar surface area (TPSA) is 71.0 Å².